The van der Waals surface area contributed by atoms with E-state index in [2.05, 4.69) is 20.8 Å². The average Bonchev–Trinajstić information content (AvgIpc) is 2.39. The fourth-order valence-corrected chi connectivity index (χ4v) is 2.46. The first-order valence-electron chi connectivity index (χ1n) is 7.35. The molecule has 108 valence electrons. The summed E-state index contributed by atoms with van der Waals surface area (Å²) in [5.41, 5.74) is 0.762. The molecule has 0 aliphatic heterocycles. The van der Waals surface area contributed by atoms with E-state index in [1.54, 1.807) is 7.11 Å². The number of ether oxygens (including phenoxy) is 1. The highest BCUT2D eigenvalue weighted by Crippen LogP contribution is 2.23. The summed E-state index contributed by atoms with van der Waals surface area (Å²) in [5, 5.41) is 17.6. The van der Waals surface area contributed by atoms with Crippen LogP contribution >= 0.6 is 0 Å². The van der Waals surface area contributed by atoms with Gasteiger partial charge in [-0.25, -0.2) is 0 Å². The Kier molecular flexibility index (Phi) is 10.3. The zero-order valence-corrected chi connectivity index (χ0v) is 12.5. The summed E-state index contributed by atoms with van der Waals surface area (Å²) in [7, 11) is 1.75. The first kappa shape index (κ1) is 17.6. The van der Waals surface area contributed by atoms with Gasteiger partial charge in [0.15, 0.2) is 0 Å². The van der Waals surface area contributed by atoms with Crippen LogP contribution in [-0.4, -0.2) is 30.6 Å². The van der Waals surface area contributed by atoms with Gasteiger partial charge in [0.05, 0.1) is 6.10 Å². The molecule has 3 unspecified atom stereocenters. The van der Waals surface area contributed by atoms with Crippen LogP contribution in [-0.2, 0) is 4.74 Å². The van der Waals surface area contributed by atoms with E-state index in [1.165, 1.54) is 0 Å². The van der Waals surface area contributed by atoms with Crippen molar-refractivity contribution in [1.29, 1.82) is 5.41 Å². The van der Waals surface area contributed by atoms with Crippen LogP contribution in [0, 0.1) is 17.2 Å². The first-order chi connectivity index (χ1) is 8.64. The summed E-state index contributed by atoms with van der Waals surface area (Å²) in [4.78, 5) is 0. The Bertz CT molecular complexity index is 215. The van der Waals surface area contributed by atoms with Crippen molar-refractivity contribution < 1.29 is 9.84 Å². The van der Waals surface area contributed by atoms with E-state index in [0.717, 1.165) is 37.8 Å². The molecule has 2 N–H and O–H groups in total. The van der Waals surface area contributed by atoms with E-state index < -0.39 is 0 Å². The summed E-state index contributed by atoms with van der Waals surface area (Å²) in [6.45, 7) is 6.56. The zero-order valence-electron chi connectivity index (χ0n) is 12.5. The fraction of sp³-hybridized carbons (Fsp3) is 0.933. The van der Waals surface area contributed by atoms with Crippen molar-refractivity contribution in [3.8, 4) is 0 Å². The quantitative estimate of drug-likeness (QED) is 0.555. The predicted octanol–water partition coefficient (Wildman–Crippen LogP) is 3.65. The molecule has 3 nitrogen and oxygen atoms in total. The Balaban J connectivity index is 4.59. The van der Waals surface area contributed by atoms with Gasteiger partial charge in [-0.05, 0) is 25.2 Å². The second-order valence-electron chi connectivity index (χ2n) is 5.14. The minimum Gasteiger partial charge on any atom is -0.396 e. The summed E-state index contributed by atoms with van der Waals surface area (Å²) < 4.78 is 5.57. The van der Waals surface area contributed by atoms with E-state index in [0.29, 0.717) is 6.42 Å². The Labute approximate surface area is 112 Å². The highest BCUT2D eigenvalue weighted by Gasteiger charge is 2.25. The molecule has 0 bridgehead atoms. The minimum atomic E-state index is 0.165. The van der Waals surface area contributed by atoms with Crippen LogP contribution in [0.3, 0.4) is 0 Å². The lowest BCUT2D eigenvalue weighted by atomic mass is 9.84. The number of hydrogen-bond donors (Lipinski definition) is 2. The molecule has 0 aliphatic rings. The van der Waals surface area contributed by atoms with Crippen molar-refractivity contribution >= 4 is 5.71 Å². The third kappa shape index (κ3) is 5.96. The van der Waals surface area contributed by atoms with Crippen LogP contribution in [0.5, 0.6) is 0 Å². The molecule has 0 rings (SSSR count). The van der Waals surface area contributed by atoms with Crippen molar-refractivity contribution in [1.82, 2.24) is 0 Å². The molecular formula is C15H31NO2. The van der Waals surface area contributed by atoms with Crippen molar-refractivity contribution in [2.24, 2.45) is 11.8 Å². The molecule has 0 heterocycles. The fourth-order valence-electron chi connectivity index (χ4n) is 2.46. The first-order valence-corrected chi connectivity index (χ1v) is 7.35. The number of methoxy groups -OCH3 is 1. The van der Waals surface area contributed by atoms with Gasteiger partial charge < -0.3 is 15.3 Å². The van der Waals surface area contributed by atoms with E-state index >= 15 is 0 Å². The maximum Gasteiger partial charge on any atom is 0.0651 e. The molecule has 0 aromatic heterocycles. The normalized spacial score (nSPS) is 16.3. The maximum atomic E-state index is 9.26. The molecule has 18 heavy (non-hydrogen) atoms. The number of hydrogen-bond acceptors (Lipinski definition) is 3. The van der Waals surface area contributed by atoms with Gasteiger partial charge in [-0.2, -0.15) is 0 Å². The second-order valence-corrected chi connectivity index (χ2v) is 5.14. The van der Waals surface area contributed by atoms with Crippen molar-refractivity contribution in [3.63, 3.8) is 0 Å². The largest absolute Gasteiger partial charge is 0.396 e. The molecule has 0 radical (unpaired) electrons. The maximum absolute atomic E-state index is 9.26. The predicted molar refractivity (Wildman–Crippen MR) is 77.3 cm³/mol. The summed E-state index contributed by atoms with van der Waals surface area (Å²) >= 11 is 0. The van der Waals surface area contributed by atoms with Crippen molar-refractivity contribution in [2.75, 3.05) is 13.7 Å². The number of rotatable bonds is 11. The van der Waals surface area contributed by atoms with Gasteiger partial charge in [0.25, 0.3) is 0 Å². The Morgan fingerprint density at radius 1 is 1.17 bits per heavy atom. The third-order valence-electron chi connectivity index (χ3n) is 3.72. The molecule has 0 aromatic carbocycles. The molecule has 0 amide bonds. The van der Waals surface area contributed by atoms with Gasteiger partial charge in [-0.1, -0.05) is 40.0 Å². The standard InChI is InChI=1S/C15H31NO2/c1-5-8-13(15(18-4)9-6-2)14(16)10-12(7-3)11-17/h12-13,15-17H,5-11H2,1-4H3. The van der Waals surface area contributed by atoms with Gasteiger partial charge in [-0.3, -0.25) is 0 Å². The molecule has 0 fully saturated rings. The second kappa shape index (κ2) is 10.5. The molecule has 0 aromatic rings. The minimum absolute atomic E-state index is 0.165. The third-order valence-corrected chi connectivity index (χ3v) is 3.72. The van der Waals surface area contributed by atoms with Gasteiger partial charge in [0.2, 0.25) is 0 Å². The van der Waals surface area contributed by atoms with Gasteiger partial charge >= 0.3 is 0 Å². The summed E-state index contributed by atoms with van der Waals surface area (Å²) in [6, 6.07) is 0. The molecular weight excluding hydrogens is 226 g/mol. The monoisotopic (exact) mass is 257 g/mol. The lowest BCUT2D eigenvalue weighted by Crippen LogP contribution is -2.31. The van der Waals surface area contributed by atoms with Crippen LogP contribution in [0.2, 0.25) is 0 Å². The van der Waals surface area contributed by atoms with Crippen LogP contribution in [0.1, 0.15) is 59.3 Å². The Hall–Kier alpha value is -0.410. The molecule has 0 saturated carbocycles. The summed E-state index contributed by atoms with van der Waals surface area (Å²) in [6.07, 6.45) is 6.00. The van der Waals surface area contributed by atoms with Crippen molar-refractivity contribution in [2.45, 2.75) is 65.4 Å². The van der Waals surface area contributed by atoms with Gasteiger partial charge in [0.1, 0.15) is 0 Å². The van der Waals surface area contributed by atoms with Crippen LogP contribution in [0.4, 0.5) is 0 Å². The Morgan fingerprint density at radius 2 is 1.78 bits per heavy atom. The van der Waals surface area contributed by atoms with E-state index in [9.17, 15) is 5.11 Å². The molecule has 0 spiro atoms. The number of aliphatic hydroxyl groups is 1. The van der Waals surface area contributed by atoms with E-state index in [-0.39, 0.29) is 24.5 Å². The smallest absolute Gasteiger partial charge is 0.0651 e. The molecule has 0 saturated heterocycles. The van der Waals surface area contributed by atoms with Crippen LogP contribution in [0.25, 0.3) is 0 Å². The lowest BCUT2D eigenvalue weighted by molar-refractivity contribution is 0.0627. The average molecular weight is 257 g/mol. The van der Waals surface area contributed by atoms with Crippen LogP contribution < -0.4 is 0 Å². The summed E-state index contributed by atoms with van der Waals surface area (Å²) in [5.74, 6) is 0.455. The number of aliphatic hydroxyl groups excluding tert-OH is 1. The van der Waals surface area contributed by atoms with E-state index in [1.807, 2.05) is 0 Å². The van der Waals surface area contributed by atoms with Crippen LogP contribution in [0.15, 0.2) is 0 Å². The SMILES string of the molecule is CCCC(OC)C(CCC)C(=N)CC(CC)CO. The molecule has 0 aliphatic carbocycles. The molecule has 3 atom stereocenters. The van der Waals surface area contributed by atoms with E-state index in [4.69, 9.17) is 10.1 Å². The highest BCUT2D eigenvalue weighted by atomic mass is 16.5. The lowest BCUT2D eigenvalue weighted by Gasteiger charge is -2.27. The van der Waals surface area contributed by atoms with Gasteiger partial charge in [0, 0.05) is 25.3 Å². The highest BCUT2D eigenvalue weighted by molar-refractivity contribution is 5.84. The Morgan fingerprint density at radius 3 is 2.17 bits per heavy atom. The topological polar surface area (TPSA) is 53.3 Å². The molecule has 3 heteroatoms. The van der Waals surface area contributed by atoms with Crippen molar-refractivity contribution in [3.05, 3.63) is 0 Å². The van der Waals surface area contributed by atoms with Gasteiger partial charge in [-0.15, -0.1) is 0 Å². The zero-order chi connectivity index (χ0) is 14.0. The number of nitrogens with one attached hydrogen (secondary N) is 1.